The Balaban J connectivity index is 2.06. The van der Waals surface area contributed by atoms with Crippen LogP contribution >= 0.6 is 0 Å². The first-order valence-electron chi connectivity index (χ1n) is 8.02. The van der Waals surface area contributed by atoms with E-state index in [1.807, 2.05) is 0 Å². The van der Waals surface area contributed by atoms with Gasteiger partial charge in [0.1, 0.15) is 0 Å². The fraction of sp³-hybridized carbons (Fsp3) is 0.667. The Morgan fingerprint density at radius 3 is 2.35 bits per heavy atom. The Kier molecular flexibility index (Phi) is 5.62. The summed E-state index contributed by atoms with van der Waals surface area (Å²) in [4.78, 5) is 0. The molecule has 1 N–H and O–H groups in total. The van der Waals surface area contributed by atoms with E-state index in [4.69, 9.17) is 4.74 Å². The highest BCUT2D eigenvalue weighted by atomic mass is 16.5. The van der Waals surface area contributed by atoms with Gasteiger partial charge in [0.25, 0.3) is 0 Å². The lowest BCUT2D eigenvalue weighted by Gasteiger charge is -2.29. The zero-order chi connectivity index (χ0) is 14.5. The lowest BCUT2D eigenvalue weighted by atomic mass is 9.97. The summed E-state index contributed by atoms with van der Waals surface area (Å²) in [5, 5.41) is 3.86. The number of aryl methyl sites for hydroxylation is 1. The Hall–Kier alpha value is -0.860. The molecule has 1 aliphatic carbocycles. The zero-order valence-electron chi connectivity index (χ0n) is 13.4. The highest BCUT2D eigenvalue weighted by Gasteiger charge is 2.34. The van der Waals surface area contributed by atoms with Crippen LogP contribution in [0, 0.1) is 18.8 Å². The Labute approximate surface area is 123 Å². The molecule has 0 spiro atoms. The van der Waals surface area contributed by atoms with Gasteiger partial charge in [0.05, 0.1) is 6.61 Å². The van der Waals surface area contributed by atoms with E-state index in [0.717, 1.165) is 19.1 Å². The lowest BCUT2D eigenvalue weighted by Crippen LogP contribution is -2.41. The molecule has 0 aliphatic heterocycles. The quantitative estimate of drug-likeness (QED) is 0.771. The summed E-state index contributed by atoms with van der Waals surface area (Å²) in [6.45, 7) is 10.4. The van der Waals surface area contributed by atoms with E-state index in [9.17, 15) is 0 Å². The second-order valence-corrected chi connectivity index (χ2v) is 6.40. The van der Waals surface area contributed by atoms with E-state index in [1.54, 1.807) is 0 Å². The van der Waals surface area contributed by atoms with E-state index in [2.05, 4.69) is 57.3 Å². The molecule has 0 aromatic heterocycles. The van der Waals surface area contributed by atoms with E-state index in [0.29, 0.717) is 18.0 Å². The molecule has 0 radical (unpaired) electrons. The van der Waals surface area contributed by atoms with Gasteiger partial charge in [-0.1, -0.05) is 43.7 Å². The second kappa shape index (κ2) is 7.24. The van der Waals surface area contributed by atoms with E-state index in [1.165, 1.54) is 24.0 Å². The van der Waals surface area contributed by atoms with Crippen LogP contribution < -0.4 is 5.32 Å². The van der Waals surface area contributed by atoms with Crippen molar-refractivity contribution in [1.29, 1.82) is 0 Å². The highest BCUT2D eigenvalue weighted by Crippen LogP contribution is 2.41. The van der Waals surface area contributed by atoms with Gasteiger partial charge in [0.15, 0.2) is 0 Å². The van der Waals surface area contributed by atoms with Gasteiger partial charge in [0.2, 0.25) is 0 Å². The van der Waals surface area contributed by atoms with Crippen molar-refractivity contribution in [3.8, 4) is 0 Å². The van der Waals surface area contributed by atoms with Crippen LogP contribution in [0.2, 0.25) is 0 Å². The first-order valence-corrected chi connectivity index (χ1v) is 8.02. The smallest absolute Gasteiger partial charge is 0.0622 e. The molecule has 2 atom stereocenters. The largest absolute Gasteiger partial charge is 0.380 e. The molecule has 1 aliphatic rings. The average Bonchev–Trinajstić information content (AvgIpc) is 3.24. The van der Waals surface area contributed by atoms with Crippen LogP contribution in [0.5, 0.6) is 0 Å². The summed E-state index contributed by atoms with van der Waals surface area (Å²) in [5.74, 6) is 1.40. The van der Waals surface area contributed by atoms with Crippen LogP contribution in [0.4, 0.5) is 0 Å². The van der Waals surface area contributed by atoms with Crippen LogP contribution in [-0.2, 0) is 4.74 Å². The van der Waals surface area contributed by atoms with Crippen molar-refractivity contribution in [2.45, 2.75) is 52.6 Å². The summed E-state index contributed by atoms with van der Waals surface area (Å²) in [7, 11) is 0. The molecule has 1 aromatic carbocycles. The molecule has 0 saturated heterocycles. The average molecular weight is 275 g/mol. The summed E-state index contributed by atoms with van der Waals surface area (Å²) < 4.78 is 5.65. The van der Waals surface area contributed by atoms with Crippen molar-refractivity contribution in [2.75, 3.05) is 13.2 Å². The SMILES string of the molecule is CCOCC(NC(c1ccc(C)cc1)C1CC1)C(C)C. The Bertz CT molecular complexity index is 394. The third kappa shape index (κ3) is 4.32. The number of hydrogen-bond acceptors (Lipinski definition) is 2. The molecule has 1 fully saturated rings. The molecule has 0 bridgehead atoms. The standard InChI is InChI=1S/C18H29NO/c1-5-20-12-17(13(2)3)19-18(16-10-11-16)15-8-6-14(4)7-9-15/h6-9,13,16-19H,5,10-12H2,1-4H3. The first kappa shape index (κ1) is 15.5. The molecular weight excluding hydrogens is 246 g/mol. The van der Waals surface area contributed by atoms with Crippen molar-refractivity contribution in [3.05, 3.63) is 35.4 Å². The van der Waals surface area contributed by atoms with Crippen molar-refractivity contribution >= 4 is 0 Å². The fourth-order valence-corrected chi connectivity index (χ4v) is 2.62. The minimum Gasteiger partial charge on any atom is -0.380 e. The van der Waals surface area contributed by atoms with Gasteiger partial charge >= 0.3 is 0 Å². The van der Waals surface area contributed by atoms with Gasteiger partial charge in [-0.25, -0.2) is 0 Å². The molecule has 1 aromatic rings. The number of ether oxygens (including phenoxy) is 1. The topological polar surface area (TPSA) is 21.3 Å². The van der Waals surface area contributed by atoms with Gasteiger partial charge < -0.3 is 10.1 Å². The molecule has 2 nitrogen and oxygen atoms in total. The third-order valence-corrected chi connectivity index (χ3v) is 4.23. The number of hydrogen-bond donors (Lipinski definition) is 1. The van der Waals surface area contributed by atoms with Crippen LogP contribution in [0.3, 0.4) is 0 Å². The predicted octanol–water partition coefficient (Wildman–Crippen LogP) is 4.10. The van der Waals surface area contributed by atoms with Crippen molar-refractivity contribution < 1.29 is 4.74 Å². The van der Waals surface area contributed by atoms with Crippen molar-refractivity contribution in [3.63, 3.8) is 0 Å². The Morgan fingerprint density at radius 1 is 1.20 bits per heavy atom. The number of rotatable bonds is 8. The lowest BCUT2D eigenvalue weighted by molar-refractivity contribution is 0.102. The molecule has 20 heavy (non-hydrogen) atoms. The number of nitrogens with one attached hydrogen (secondary N) is 1. The fourth-order valence-electron chi connectivity index (χ4n) is 2.62. The van der Waals surface area contributed by atoms with Crippen molar-refractivity contribution in [2.24, 2.45) is 11.8 Å². The van der Waals surface area contributed by atoms with E-state index < -0.39 is 0 Å². The highest BCUT2D eigenvalue weighted by molar-refractivity contribution is 5.25. The maximum atomic E-state index is 5.65. The van der Waals surface area contributed by atoms with Crippen LogP contribution in [0.15, 0.2) is 24.3 Å². The van der Waals surface area contributed by atoms with Gasteiger partial charge in [-0.2, -0.15) is 0 Å². The minimum atomic E-state index is 0.432. The van der Waals surface area contributed by atoms with Gasteiger partial charge in [-0.15, -0.1) is 0 Å². The monoisotopic (exact) mass is 275 g/mol. The molecule has 0 heterocycles. The minimum absolute atomic E-state index is 0.432. The molecule has 2 heteroatoms. The van der Waals surface area contributed by atoms with Crippen LogP contribution in [0.25, 0.3) is 0 Å². The second-order valence-electron chi connectivity index (χ2n) is 6.40. The first-order chi connectivity index (χ1) is 9.61. The zero-order valence-corrected chi connectivity index (χ0v) is 13.4. The number of benzene rings is 1. The normalized spacial score (nSPS) is 18.2. The van der Waals surface area contributed by atoms with E-state index in [-0.39, 0.29) is 0 Å². The Morgan fingerprint density at radius 2 is 1.85 bits per heavy atom. The summed E-state index contributed by atoms with van der Waals surface area (Å²) >= 11 is 0. The molecule has 112 valence electrons. The summed E-state index contributed by atoms with van der Waals surface area (Å²) in [5.41, 5.74) is 2.76. The van der Waals surface area contributed by atoms with Gasteiger partial charge in [-0.3, -0.25) is 0 Å². The maximum absolute atomic E-state index is 5.65. The molecule has 2 unspecified atom stereocenters. The van der Waals surface area contributed by atoms with Crippen LogP contribution in [-0.4, -0.2) is 19.3 Å². The molecular formula is C18H29NO. The third-order valence-electron chi connectivity index (χ3n) is 4.23. The summed E-state index contributed by atoms with van der Waals surface area (Å²) in [6, 6.07) is 9.93. The predicted molar refractivity (Wildman–Crippen MR) is 84.9 cm³/mol. The van der Waals surface area contributed by atoms with Gasteiger partial charge in [-0.05, 0) is 44.1 Å². The van der Waals surface area contributed by atoms with Crippen molar-refractivity contribution in [1.82, 2.24) is 5.32 Å². The maximum Gasteiger partial charge on any atom is 0.0622 e. The van der Waals surface area contributed by atoms with E-state index >= 15 is 0 Å². The van der Waals surface area contributed by atoms with Gasteiger partial charge in [0, 0.05) is 18.7 Å². The molecule has 1 saturated carbocycles. The summed E-state index contributed by atoms with van der Waals surface area (Å²) in [6.07, 6.45) is 2.70. The van der Waals surface area contributed by atoms with Crippen LogP contribution in [0.1, 0.15) is 50.8 Å². The molecule has 2 rings (SSSR count). The molecule has 0 amide bonds.